The molecule has 0 atom stereocenters. The molecule has 2 rings (SSSR count). The largest absolute Gasteiger partial charge is 0.378 e. The molecule has 0 amide bonds. The zero-order valence-electron chi connectivity index (χ0n) is 9.74. The van der Waals surface area contributed by atoms with Gasteiger partial charge in [0.25, 0.3) is 0 Å². The Labute approximate surface area is 101 Å². The summed E-state index contributed by atoms with van der Waals surface area (Å²) in [6, 6.07) is 5.76. The molecule has 0 unspecified atom stereocenters. The Balaban J connectivity index is 2.08. The fourth-order valence-corrected chi connectivity index (χ4v) is 2.10. The molecule has 1 aliphatic heterocycles. The van der Waals surface area contributed by atoms with Crippen molar-refractivity contribution in [3.05, 3.63) is 29.0 Å². The van der Waals surface area contributed by atoms with Gasteiger partial charge in [-0.2, -0.15) is 0 Å². The number of hydrogen-bond acceptors (Lipinski definition) is 3. The molecule has 1 aliphatic rings. The lowest BCUT2D eigenvalue weighted by molar-refractivity contribution is -0.0557. The van der Waals surface area contributed by atoms with Crippen molar-refractivity contribution in [3.63, 3.8) is 0 Å². The fraction of sp³-hybridized carbons (Fsp3) is 0.583. The van der Waals surface area contributed by atoms with Crippen molar-refractivity contribution in [2.24, 2.45) is 0 Å². The second kappa shape index (κ2) is 4.70. The van der Waals surface area contributed by atoms with Crippen LogP contribution in [0.2, 0.25) is 5.15 Å². The van der Waals surface area contributed by atoms with Crippen LogP contribution in [0.3, 0.4) is 0 Å². The highest BCUT2D eigenvalue weighted by molar-refractivity contribution is 6.29. The first kappa shape index (κ1) is 11.8. The maximum atomic E-state index is 5.88. The third-order valence-corrected chi connectivity index (χ3v) is 3.15. The Kier molecular flexibility index (Phi) is 3.47. The van der Waals surface area contributed by atoms with Crippen LogP contribution in [0, 0.1) is 0 Å². The summed E-state index contributed by atoms with van der Waals surface area (Å²) in [6.07, 6.45) is 0. The molecule has 2 heterocycles. The van der Waals surface area contributed by atoms with Gasteiger partial charge in [-0.25, -0.2) is 4.98 Å². The third-order valence-electron chi connectivity index (χ3n) is 2.94. The highest BCUT2D eigenvalue weighted by Crippen LogP contribution is 2.21. The zero-order chi connectivity index (χ0) is 11.6. The number of rotatable bonds is 2. The van der Waals surface area contributed by atoms with E-state index in [0.29, 0.717) is 5.15 Å². The summed E-state index contributed by atoms with van der Waals surface area (Å²) in [5.74, 6) is 0. The van der Waals surface area contributed by atoms with E-state index in [-0.39, 0.29) is 5.54 Å². The average molecular weight is 241 g/mol. The summed E-state index contributed by atoms with van der Waals surface area (Å²) in [7, 11) is 0. The summed E-state index contributed by atoms with van der Waals surface area (Å²) in [6.45, 7) is 7.73. The zero-order valence-corrected chi connectivity index (χ0v) is 10.5. The molecule has 1 aromatic heterocycles. The highest BCUT2D eigenvalue weighted by Gasteiger charge is 2.30. The van der Waals surface area contributed by atoms with Crippen LogP contribution in [0.15, 0.2) is 18.2 Å². The Hall–Kier alpha value is -0.640. The van der Waals surface area contributed by atoms with Crippen LogP contribution in [-0.4, -0.2) is 35.2 Å². The maximum absolute atomic E-state index is 5.88. The van der Waals surface area contributed by atoms with Gasteiger partial charge in [0, 0.05) is 18.6 Å². The number of morpholine rings is 1. The molecule has 0 aliphatic carbocycles. The van der Waals surface area contributed by atoms with E-state index in [1.165, 1.54) is 0 Å². The summed E-state index contributed by atoms with van der Waals surface area (Å²) < 4.78 is 5.49. The van der Waals surface area contributed by atoms with E-state index < -0.39 is 0 Å². The number of halogens is 1. The molecule has 0 saturated carbocycles. The molecule has 0 bridgehead atoms. The minimum absolute atomic E-state index is 0.0717. The first-order valence-electron chi connectivity index (χ1n) is 5.52. The summed E-state index contributed by atoms with van der Waals surface area (Å²) >= 11 is 5.88. The number of aromatic nitrogens is 1. The predicted molar refractivity (Wildman–Crippen MR) is 64.6 cm³/mol. The van der Waals surface area contributed by atoms with Crippen molar-refractivity contribution in [1.29, 1.82) is 0 Å². The maximum Gasteiger partial charge on any atom is 0.129 e. The molecule has 0 spiro atoms. The number of nitrogens with zero attached hydrogens (tertiary/aromatic N) is 2. The van der Waals surface area contributed by atoms with Crippen LogP contribution in [0.25, 0.3) is 0 Å². The quantitative estimate of drug-likeness (QED) is 0.742. The molecule has 0 N–H and O–H groups in total. The van der Waals surface area contributed by atoms with Crippen molar-refractivity contribution < 1.29 is 4.74 Å². The Morgan fingerprint density at radius 2 is 2.31 bits per heavy atom. The van der Waals surface area contributed by atoms with E-state index in [1.807, 2.05) is 12.1 Å². The summed E-state index contributed by atoms with van der Waals surface area (Å²) in [5.41, 5.74) is 1.09. The molecule has 1 aromatic rings. The lowest BCUT2D eigenvalue weighted by Crippen LogP contribution is -2.52. The molecular formula is C12H17ClN2O. The number of pyridine rings is 1. The van der Waals surface area contributed by atoms with Gasteiger partial charge >= 0.3 is 0 Å². The molecule has 88 valence electrons. The van der Waals surface area contributed by atoms with Crippen molar-refractivity contribution in [3.8, 4) is 0 Å². The first-order chi connectivity index (χ1) is 7.58. The monoisotopic (exact) mass is 240 g/mol. The van der Waals surface area contributed by atoms with Gasteiger partial charge in [0.05, 0.1) is 18.9 Å². The van der Waals surface area contributed by atoms with Crippen molar-refractivity contribution in [1.82, 2.24) is 9.88 Å². The van der Waals surface area contributed by atoms with Gasteiger partial charge in [-0.15, -0.1) is 0 Å². The normalized spacial score (nSPS) is 20.9. The van der Waals surface area contributed by atoms with Gasteiger partial charge in [-0.1, -0.05) is 17.7 Å². The molecular weight excluding hydrogens is 224 g/mol. The lowest BCUT2D eigenvalue weighted by atomic mass is 10.0. The fourth-order valence-electron chi connectivity index (χ4n) is 1.92. The third kappa shape index (κ3) is 2.73. The number of ether oxygens (including phenoxy) is 1. The van der Waals surface area contributed by atoms with Crippen LogP contribution < -0.4 is 0 Å². The summed E-state index contributed by atoms with van der Waals surface area (Å²) in [4.78, 5) is 6.70. The van der Waals surface area contributed by atoms with E-state index >= 15 is 0 Å². The molecule has 0 aromatic carbocycles. The van der Waals surface area contributed by atoms with E-state index in [0.717, 1.165) is 32.0 Å². The highest BCUT2D eigenvalue weighted by atomic mass is 35.5. The van der Waals surface area contributed by atoms with Crippen molar-refractivity contribution >= 4 is 11.6 Å². The second-order valence-corrected chi connectivity index (χ2v) is 5.13. The standard InChI is InChI=1S/C12H17ClN2O/c1-12(2)9-16-7-6-15(12)8-10-4-3-5-11(13)14-10/h3-5H,6-9H2,1-2H3. The first-order valence-corrected chi connectivity index (χ1v) is 5.90. The molecule has 3 nitrogen and oxygen atoms in total. The summed E-state index contributed by atoms with van der Waals surface area (Å²) in [5, 5.41) is 0.559. The molecule has 0 radical (unpaired) electrons. The van der Waals surface area contributed by atoms with Crippen LogP contribution in [0.5, 0.6) is 0 Å². The van der Waals surface area contributed by atoms with Gasteiger partial charge in [-0.05, 0) is 26.0 Å². The van der Waals surface area contributed by atoms with Crippen LogP contribution >= 0.6 is 11.6 Å². The smallest absolute Gasteiger partial charge is 0.129 e. The lowest BCUT2D eigenvalue weighted by Gasteiger charge is -2.41. The van der Waals surface area contributed by atoms with Gasteiger partial charge in [-0.3, -0.25) is 4.90 Å². The van der Waals surface area contributed by atoms with Crippen molar-refractivity contribution in [2.75, 3.05) is 19.8 Å². The van der Waals surface area contributed by atoms with E-state index in [9.17, 15) is 0 Å². The van der Waals surface area contributed by atoms with Crippen molar-refractivity contribution in [2.45, 2.75) is 25.9 Å². The van der Waals surface area contributed by atoms with Crippen LogP contribution in [-0.2, 0) is 11.3 Å². The van der Waals surface area contributed by atoms with Crippen LogP contribution in [0.1, 0.15) is 19.5 Å². The van der Waals surface area contributed by atoms with E-state index in [4.69, 9.17) is 16.3 Å². The molecule has 4 heteroatoms. The molecule has 1 fully saturated rings. The Morgan fingerprint density at radius 1 is 1.50 bits per heavy atom. The topological polar surface area (TPSA) is 25.4 Å². The van der Waals surface area contributed by atoms with Gasteiger partial charge in [0.1, 0.15) is 5.15 Å². The molecule has 16 heavy (non-hydrogen) atoms. The van der Waals surface area contributed by atoms with Gasteiger partial charge in [0.2, 0.25) is 0 Å². The van der Waals surface area contributed by atoms with Gasteiger partial charge < -0.3 is 4.74 Å². The second-order valence-electron chi connectivity index (χ2n) is 4.74. The van der Waals surface area contributed by atoms with Gasteiger partial charge in [0.15, 0.2) is 0 Å². The average Bonchev–Trinajstić information content (AvgIpc) is 2.21. The number of hydrogen-bond donors (Lipinski definition) is 0. The van der Waals surface area contributed by atoms with E-state index in [2.05, 4.69) is 23.7 Å². The predicted octanol–water partition coefficient (Wildman–Crippen LogP) is 2.35. The Morgan fingerprint density at radius 3 is 3.00 bits per heavy atom. The Bertz CT molecular complexity index is 368. The van der Waals surface area contributed by atoms with Crippen LogP contribution in [0.4, 0.5) is 0 Å². The minimum Gasteiger partial charge on any atom is -0.378 e. The van der Waals surface area contributed by atoms with E-state index in [1.54, 1.807) is 6.07 Å². The minimum atomic E-state index is 0.0717. The molecule has 1 saturated heterocycles. The SMILES string of the molecule is CC1(C)COCCN1Cc1cccc(Cl)n1.